The van der Waals surface area contributed by atoms with Gasteiger partial charge in [-0.3, -0.25) is 4.79 Å². The highest BCUT2D eigenvalue weighted by Gasteiger charge is 2.15. The number of nitriles is 1. The van der Waals surface area contributed by atoms with Gasteiger partial charge in [-0.25, -0.2) is 4.98 Å². The number of pyridine rings is 2. The summed E-state index contributed by atoms with van der Waals surface area (Å²) in [5, 5.41) is 9.41. The van der Waals surface area contributed by atoms with Crippen LogP contribution in [-0.4, -0.2) is 17.1 Å². The molecule has 0 radical (unpaired) electrons. The maximum Gasteiger partial charge on any atom is 0.247 e. The average molecular weight is 318 g/mol. The Morgan fingerprint density at radius 3 is 2.67 bits per heavy atom. The lowest BCUT2D eigenvalue weighted by Crippen LogP contribution is -2.04. The average Bonchev–Trinajstić information content (AvgIpc) is 2.61. The van der Waals surface area contributed by atoms with Crippen molar-refractivity contribution in [1.29, 1.82) is 5.26 Å². The lowest BCUT2D eigenvalue weighted by molar-refractivity contribution is 0.416. The topological polar surface area (TPSA) is 105 Å². The summed E-state index contributed by atoms with van der Waals surface area (Å²) >= 11 is 0. The van der Waals surface area contributed by atoms with Crippen LogP contribution in [0.5, 0.6) is 5.75 Å². The number of benzene rings is 1. The van der Waals surface area contributed by atoms with E-state index >= 15 is 0 Å². The third-order valence-electron chi connectivity index (χ3n) is 3.64. The molecule has 0 unspecified atom stereocenters. The highest BCUT2D eigenvalue weighted by molar-refractivity contribution is 5.81. The Balaban J connectivity index is 2.26. The summed E-state index contributed by atoms with van der Waals surface area (Å²) in [6.07, 6.45) is 1.55. The van der Waals surface area contributed by atoms with E-state index < -0.39 is 0 Å². The molecule has 0 aliphatic heterocycles. The lowest BCUT2D eigenvalue weighted by atomic mass is 9.99. The van der Waals surface area contributed by atoms with Gasteiger partial charge in [-0.2, -0.15) is 5.26 Å². The van der Waals surface area contributed by atoms with Gasteiger partial charge < -0.3 is 15.5 Å². The van der Waals surface area contributed by atoms with Crippen LogP contribution < -0.4 is 16.0 Å². The van der Waals surface area contributed by atoms with Gasteiger partial charge in [0.1, 0.15) is 23.2 Å². The fraction of sp³-hybridized carbons (Fsp3) is 0.0556. The molecule has 0 aliphatic rings. The first-order chi connectivity index (χ1) is 11.6. The van der Waals surface area contributed by atoms with Gasteiger partial charge >= 0.3 is 0 Å². The fourth-order valence-corrected chi connectivity index (χ4v) is 2.48. The summed E-state index contributed by atoms with van der Waals surface area (Å²) in [6.45, 7) is 0. The number of anilines is 1. The summed E-state index contributed by atoms with van der Waals surface area (Å²) < 4.78 is 5.36. The van der Waals surface area contributed by atoms with E-state index in [1.165, 1.54) is 6.07 Å². The van der Waals surface area contributed by atoms with Crippen LogP contribution in [-0.2, 0) is 0 Å². The minimum atomic E-state index is -0.218. The van der Waals surface area contributed by atoms with Gasteiger partial charge in [-0.1, -0.05) is 12.1 Å². The van der Waals surface area contributed by atoms with Crippen molar-refractivity contribution >= 4 is 5.82 Å². The second-order valence-corrected chi connectivity index (χ2v) is 5.07. The number of nitrogens with zero attached hydrogens (tertiary/aromatic N) is 2. The summed E-state index contributed by atoms with van der Waals surface area (Å²) in [5.74, 6) is 0.781. The number of hydrogen-bond acceptors (Lipinski definition) is 5. The highest BCUT2D eigenvalue weighted by atomic mass is 16.5. The summed E-state index contributed by atoms with van der Waals surface area (Å²) in [4.78, 5) is 18.2. The van der Waals surface area contributed by atoms with Crippen molar-refractivity contribution in [2.75, 3.05) is 12.8 Å². The number of H-pyrrole nitrogens is 1. The Hall–Kier alpha value is -3.59. The predicted molar refractivity (Wildman–Crippen MR) is 91.4 cm³/mol. The number of rotatable bonds is 3. The first-order valence-electron chi connectivity index (χ1n) is 7.17. The van der Waals surface area contributed by atoms with Crippen molar-refractivity contribution in [3.8, 4) is 34.2 Å². The zero-order chi connectivity index (χ0) is 17.1. The molecular weight excluding hydrogens is 304 g/mol. The lowest BCUT2D eigenvalue weighted by Gasteiger charge is -2.12. The number of hydrogen-bond donors (Lipinski definition) is 2. The molecule has 3 N–H and O–H groups in total. The van der Waals surface area contributed by atoms with Gasteiger partial charge in [0.15, 0.2) is 0 Å². The van der Waals surface area contributed by atoms with E-state index in [4.69, 9.17) is 10.5 Å². The Labute approximate surface area is 138 Å². The zero-order valence-corrected chi connectivity index (χ0v) is 12.9. The molecule has 0 fully saturated rings. The molecule has 3 rings (SSSR count). The van der Waals surface area contributed by atoms with Gasteiger partial charge in [-0.05, 0) is 29.8 Å². The van der Waals surface area contributed by atoms with Gasteiger partial charge in [0.25, 0.3) is 0 Å². The molecule has 1 aromatic carbocycles. The van der Waals surface area contributed by atoms with Crippen LogP contribution in [0.4, 0.5) is 5.82 Å². The standard InChI is InChI=1S/C18H14N4O2/c1-24-16-5-3-2-4-12(16)15-8-13(14(9-19)18(20)22-15)11-6-7-17(23)21-10-11/h2-8,10H,1H3,(H2,20,22)(H,21,23). The van der Waals surface area contributed by atoms with Gasteiger partial charge in [-0.15, -0.1) is 0 Å². The van der Waals surface area contributed by atoms with E-state index in [0.717, 1.165) is 5.56 Å². The molecule has 0 amide bonds. The van der Waals surface area contributed by atoms with Crippen LogP contribution in [0.3, 0.4) is 0 Å². The fourth-order valence-electron chi connectivity index (χ4n) is 2.48. The van der Waals surface area contributed by atoms with Crippen LogP contribution in [0.25, 0.3) is 22.4 Å². The van der Waals surface area contributed by atoms with Crippen molar-refractivity contribution in [2.45, 2.75) is 0 Å². The SMILES string of the molecule is COc1ccccc1-c1cc(-c2ccc(=O)[nH]c2)c(C#N)c(N)n1. The Bertz CT molecular complexity index is 982. The predicted octanol–water partition coefficient (Wildman–Crippen LogP) is 2.57. The molecule has 3 aromatic rings. The summed E-state index contributed by atoms with van der Waals surface area (Å²) in [6, 6.07) is 14.3. The molecule has 24 heavy (non-hydrogen) atoms. The van der Waals surface area contributed by atoms with E-state index in [0.29, 0.717) is 22.6 Å². The van der Waals surface area contributed by atoms with Crippen LogP contribution in [0, 0.1) is 11.3 Å². The van der Waals surface area contributed by atoms with Crippen LogP contribution in [0.15, 0.2) is 53.5 Å². The van der Waals surface area contributed by atoms with Crippen LogP contribution in [0.2, 0.25) is 0 Å². The zero-order valence-electron chi connectivity index (χ0n) is 12.9. The summed E-state index contributed by atoms with van der Waals surface area (Å²) in [7, 11) is 1.58. The number of nitrogen functional groups attached to an aromatic ring is 1. The monoisotopic (exact) mass is 318 g/mol. The molecule has 2 aromatic heterocycles. The van der Waals surface area contributed by atoms with Crippen molar-refractivity contribution in [3.05, 3.63) is 64.6 Å². The van der Waals surface area contributed by atoms with Crippen LogP contribution >= 0.6 is 0 Å². The Morgan fingerprint density at radius 1 is 1.21 bits per heavy atom. The smallest absolute Gasteiger partial charge is 0.247 e. The van der Waals surface area contributed by atoms with Gasteiger partial charge in [0, 0.05) is 23.4 Å². The maximum atomic E-state index is 11.3. The molecule has 0 bridgehead atoms. The normalized spacial score (nSPS) is 10.2. The van der Waals surface area contributed by atoms with E-state index in [-0.39, 0.29) is 16.9 Å². The van der Waals surface area contributed by atoms with Gasteiger partial charge in [0.05, 0.1) is 12.8 Å². The Kier molecular flexibility index (Phi) is 4.00. The summed E-state index contributed by atoms with van der Waals surface area (Å²) in [5.41, 5.74) is 8.66. The molecule has 0 spiro atoms. The van der Waals surface area contributed by atoms with E-state index in [2.05, 4.69) is 16.0 Å². The number of nitrogens with one attached hydrogen (secondary N) is 1. The number of methoxy groups -OCH3 is 1. The molecule has 0 atom stereocenters. The third-order valence-corrected chi connectivity index (χ3v) is 3.64. The van der Waals surface area contributed by atoms with Gasteiger partial charge in [0.2, 0.25) is 5.56 Å². The van der Waals surface area contributed by atoms with Crippen molar-refractivity contribution < 1.29 is 4.74 Å². The first kappa shape index (κ1) is 15.3. The molecule has 2 heterocycles. The van der Waals surface area contributed by atoms with Crippen molar-refractivity contribution in [3.63, 3.8) is 0 Å². The molecule has 0 saturated heterocycles. The highest BCUT2D eigenvalue weighted by Crippen LogP contribution is 2.34. The second-order valence-electron chi connectivity index (χ2n) is 5.07. The number of aromatic amines is 1. The van der Waals surface area contributed by atoms with Crippen molar-refractivity contribution in [1.82, 2.24) is 9.97 Å². The number of ether oxygens (including phenoxy) is 1. The maximum absolute atomic E-state index is 11.3. The van der Waals surface area contributed by atoms with E-state index in [9.17, 15) is 10.1 Å². The largest absolute Gasteiger partial charge is 0.496 e. The number of nitrogens with two attached hydrogens (primary N) is 1. The molecule has 0 saturated carbocycles. The molecule has 118 valence electrons. The molecule has 6 heteroatoms. The number of para-hydroxylation sites is 1. The quantitative estimate of drug-likeness (QED) is 0.772. The molecule has 0 aliphatic carbocycles. The van der Waals surface area contributed by atoms with Crippen molar-refractivity contribution in [2.24, 2.45) is 0 Å². The first-order valence-corrected chi connectivity index (χ1v) is 7.17. The molecular formula is C18H14N4O2. The molecule has 6 nitrogen and oxygen atoms in total. The Morgan fingerprint density at radius 2 is 2.00 bits per heavy atom. The van der Waals surface area contributed by atoms with E-state index in [1.54, 1.807) is 25.4 Å². The third kappa shape index (κ3) is 2.71. The second kappa shape index (κ2) is 6.26. The van der Waals surface area contributed by atoms with E-state index in [1.807, 2.05) is 24.3 Å². The minimum absolute atomic E-state index is 0.127. The van der Waals surface area contributed by atoms with Crippen LogP contribution in [0.1, 0.15) is 5.56 Å². The minimum Gasteiger partial charge on any atom is -0.496 e. The number of aromatic nitrogens is 2.